The summed E-state index contributed by atoms with van der Waals surface area (Å²) in [4.78, 5) is 0. The standard InChI is InChI=1S/C15H13Cl2FN2S/c1-9-6-11(16)3-2-10(9)8-19-15(21)20-12-4-5-14(18)13(17)7-12/h2-7H,8H2,1H3,(H2,19,20,21). The van der Waals surface area contributed by atoms with Crippen LogP contribution >= 0.6 is 35.4 Å². The molecular formula is C15H13Cl2FN2S. The Hall–Kier alpha value is -1.36. The maximum atomic E-state index is 13.1. The molecule has 0 fully saturated rings. The van der Waals surface area contributed by atoms with Crippen LogP contribution in [0.25, 0.3) is 0 Å². The van der Waals surface area contributed by atoms with Crippen LogP contribution in [0.1, 0.15) is 11.1 Å². The van der Waals surface area contributed by atoms with Gasteiger partial charge in [-0.2, -0.15) is 0 Å². The van der Waals surface area contributed by atoms with E-state index in [0.29, 0.717) is 22.4 Å². The molecule has 2 aromatic rings. The first-order chi connectivity index (χ1) is 9.95. The smallest absolute Gasteiger partial charge is 0.171 e. The Morgan fingerprint density at radius 2 is 1.95 bits per heavy atom. The van der Waals surface area contributed by atoms with Gasteiger partial charge in [0.05, 0.1) is 5.02 Å². The van der Waals surface area contributed by atoms with E-state index in [1.54, 1.807) is 6.07 Å². The summed E-state index contributed by atoms with van der Waals surface area (Å²) in [6.45, 7) is 2.56. The van der Waals surface area contributed by atoms with Crippen LogP contribution in [0.2, 0.25) is 10.0 Å². The molecule has 2 N–H and O–H groups in total. The maximum Gasteiger partial charge on any atom is 0.171 e. The molecular weight excluding hydrogens is 330 g/mol. The molecule has 2 rings (SSSR count). The number of rotatable bonds is 3. The van der Waals surface area contributed by atoms with Gasteiger partial charge in [0.25, 0.3) is 0 Å². The lowest BCUT2D eigenvalue weighted by atomic mass is 10.1. The van der Waals surface area contributed by atoms with Gasteiger partial charge in [0.1, 0.15) is 5.82 Å². The fourth-order valence-electron chi connectivity index (χ4n) is 1.78. The van der Waals surface area contributed by atoms with Crippen LogP contribution in [0.4, 0.5) is 10.1 Å². The number of aryl methyl sites for hydroxylation is 1. The Morgan fingerprint density at radius 1 is 1.19 bits per heavy atom. The summed E-state index contributed by atoms with van der Waals surface area (Å²) >= 11 is 16.8. The molecule has 0 aliphatic heterocycles. The van der Waals surface area contributed by atoms with Crippen molar-refractivity contribution in [3.05, 3.63) is 63.4 Å². The van der Waals surface area contributed by atoms with Crippen LogP contribution in [-0.2, 0) is 6.54 Å². The summed E-state index contributed by atoms with van der Waals surface area (Å²) < 4.78 is 13.1. The molecule has 0 spiro atoms. The minimum atomic E-state index is -0.460. The lowest BCUT2D eigenvalue weighted by Gasteiger charge is -2.12. The number of hydrogen-bond donors (Lipinski definition) is 2. The lowest BCUT2D eigenvalue weighted by Crippen LogP contribution is -2.28. The first kappa shape index (κ1) is 16.0. The molecule has 0 saturated carbocycles. The summed E-state index contributed by atoms with van der Waals surface area (Å²) in [5, 5.41) is 7.23. The van der Waals surface area contributed by atoms with E-state index in [1.807, 2.05) is 25.1 Å². The zero-order valence-electron chi connectivity index (χ0n) is 11.2. The summed E-state index contributed by atoms with van der Waals surface area (Å²) in [6, 6.07) is 10.0. The third kappa shape index (κ3) is 4.56. The third-order valence-corrected chi connectivity index (χ3v) is 3.69. The molecule has 0 unspecified atom stereocenters. The van der Waals surface area contributed by atoms with Crippen molar-refractivity contribution in [2.24, 2.45) is 0 Å². The fraction of sp³-hybridized carbons (Fsp3) is 0.133. The largest absolute Gasteiger partial charge is 0.358 e. The summed E-state index contributed by atoms with van der Waals surface area (Å²) in [6.07, 6.45) is 0. The number of anilines is 1. The average molecular weight is 343 g/mol. The quantitative estimate of drug-likeness (QED) is 0.773. The van der Waals surface area contributed by atoms with Gasteiger partial charge in [0, 0.05) is 17.3 Å². The zero-order chi connectivity index (χ0) is 15.4. The maximum absolute atomic E-state index is 13.1. The van der Waals surface area contributed by atoms with Crippen LogP contribution in [0, 0.1) is 12.7 Å². The van der Waals surface area contributed by atoms with Gasteiger partial charge in [-0.3, -0.25) is 0 Å². The normalized spacial score (nSPS) is 10.3. The highest BCUT2D eigenvalue weighted by molar-refractivity contribution is 7.80. The molecule has 0 aliphatic rings. The van der Waals surface area contributed by atoms with E-state index in [-0.39, 0.29) is 5.02 Å². The molecule has 0 aliphatic carbocycles. The van der Waals surface area contributed by atoms with Gasteiger partial charge in [-0.15, -0.1) is 0 Å². The third-order valence-electron chi connectivity index (χ3n) is 2.92. The molecule has 0 radical (unpaired) electrons. The molecule has 2 aromatic carbocycles. The Bertz CT molecular complexity index is 677. The Kier molecular flexibility index (Phi) is 5.39. The molecule has 0 saturated heterocycles. The van der Waals surface area contributed by atoms with Gasteiger partial charge in [-0.05, 0) is 60.6 Å². The lowest BCUT2D eigenvalue weighted by molar-refractivity contribution is 0.628. The van der Waals surface area contributed by atoms with E-state index in [4.69, 9.17) is 35.4 Å². The summed E-state index contributed by atoms with van der Waals surface area (Å²) in [7, 11) is 0. The fourth-order valence-corrected chi connectivity index (χ4v) is 2.38. The van der Waals surface area contributed by atoms with Gasteiger partial charge in [0.15, 0.2) is 5.11 Å². The minimum Gasteiger partial charge on any atom is -0.358 e. The molecule has 0 aromatic heterocycles. The average Bonchev–Trinajstić information content (AvgIpc) is 2.42. The molecule has 0 atom stereocenters. The number of hydrogen-bond acceptors (Lipinski definition) is 1. The predicted molar refractivity (Wildman–Crippen MR) is 90.7 cm³/mol. The van der Waals surface area contributed by atoms with Crippen molar-refractivity contribution in [1.29, 1.82) is 0 Å². The minimum absolute atomic E-state index is 0.0522. The van der Waals surface area contributed by atoms with E-state index in [2.05, 4.69) is 10.6 Å². The molecule has 6 heteroatoms. The Morgan fingerprint density at radius 3 is 2.62 bits per heavy atom. The van der Waals surface area contributed by atoms with Crippen molar-refractivity contribution in [1.82, 2.24) is 5.32 Å². The highest BCUT2D eigenvalue weighted by Crippen LogP contribution is 2.19. The molecule has 21 heavy (non-hydrogen) atoms. The first-order valence-electron chi connectivity index (χ1n) is 6.20. The van der Waals surface area contributed by atoms with Crippen molar-refractivity contribution in [3.63, 3.8) is 0 Å². The zero-order valence-corrected chi connectivity index (χ0v) is 13.5. The van der Waals surface area contributed by atoms with E-state index in [9.17, 15) is 4.39 Å². The molecule has 0 heterocycles. The number of nitrogens with one attached hydrogen (secondary N) is 2. The highest BCUT2D eigenvalue weighted by atomic mass is 35.5. The van der Waals surface area contributed by atoms with Gasteiger partial charge < -0.3 is 10.6 Å². The van der Waals surface area contributed by atoms with Gasteiger partial charge in [-0.1, -0.05) is 29.3 Å². The van der Waals surface area contributed by atoms with Gasteiger partial charge in [0.2, 0.25) is 0 Å². The van der Waals surface area contributed by atoms with Gasteiger partial charge >= 0.3 is 0 Å². The molecule has 0 bridgehead atoms. The second-order valence-corrected chi connectivity index (χ2v) is 5.76. The van der Waals surface area contributed by atoms with Crippen molar-refractivity contribution in [2.45, 2.75) is 13.5 Å². The van der Waals surface area contributed by atoms with Crippen molar-refractivity contribution in [2.75, 3.05) is 5.32 Å². The van der Waals surface area contributed by atoms with E-state index < -0.39 is 5.82 Å². The highest BCUT2D eigenvalue weighted by Gasteiger charge is 2.04. The van der Waals surface area contributed by atoms with Crippen LogP contribution < -0.4 is 10.6 Å². The summed E-state index contributed by atoms with van der Waals surface area (Å²) in [5.74, 6) is -0.460. The molecule has 2 nitrogen and oxygen atoms in total. The summed E-state index contributed by atoms with van der Waals surface area (Å²) in [5.41, 5.74) is 2.81. The Labute approximate surface area is 138 Å². The van der Waals surface area contributed by atoms with E-state index in [0.717, 1.165) is 11.1 Å². The number of halogens is 3. The van der Waals surface area contributed by atoms with Crippen LogP contribution in [-0.4, -0.2) is 5.11 Å². The second-order valence-electron chi connectivity index (χ2n) is 4.51. The second kappa shape index (κ2) is 7.07. The van der Waals surface area contributed by atoms with E-state index >= 15 is 0 Å². The van der Waals surface area contributed by atoms with Crippen LogP contribution in [0.3, 0.4) is 0 Å². The topological polar surface area (TPSA) is 24.1 Å². The predicted octanol–water partition coefficient (Wildman–Crippen LogP) is 4.93. The van der Waals surface area contributed by atoms with Crippen LogP contribution in [0.15, 0.2) is 36.4 Å². The van der Waals surface area contributed by atoms with Gasteiger partial charge in [-0.25, -0.2) is 4.39 Å². The number of thiocarbonyl (C=S) groups is 1. The molecule has 0 amide bonds. The van der Waals surface area contributed by atoms with Crippen LogP contribution in [0.5, 0.6) is 0 Å². The van der Waals surface area contributed by atoms with Crippen molar-refractivity contribution in [3.8, 4) is 0 Å². The Balaban J connectivity index is 1.94. The van der Waals surface area contributed by atoms with E-state index in [1.165, 1.54) is 12.1 Å². The number of benzene rings is 2. The SMILES string of the molecule is Cc1cc(Cl)ccc1CNC(=S)Nc1ccc(F)c(Cl)c1. The van der Waals surface area contributed by atoms with Crippen molar-refractivity contribution >= 4 is 46.2 Å². The first-order valence-corrected chi connectivity index (χ1v) is 7.37. The van der Waals surface area contributed by atoms with Crippen molar-refractivity contribution < 1.29 is 4.39 Å². The monoisotopic (exact) mass is 342 g/mol. The molecule has 110 valence electrons.